The van der Waals surface area contributed by atoms with Gasteiger partial charge < -0.3 is 14.1 Å². The number of furan rings is 1. The van der Waals surface area contributed by atoms with Gasteiger partial charge in [0.2, 0.25) is 5.78 Å². The summed E-state index contributed by atoms with van der Waals surface area (Å²) in [4.78, 5) is 23.8. The van der Waals surface area contributed by atoms with Gasteiger partial charge in [-0.3, -0.25) is 9.78 Å². The highest BCUT2D eigenvalue weighted by atomic mass is 16.5. The first kappa shape index (κ1) is 18.5. The van der Waals surface area contributed by atoms with Crippen LogP contribution in [-0.4, -0.2) is 42.1 Å². The molecular weight excluding hydrogens is 378 g/mol. The molecule has 1 aliphatic heterocycles. The third kappa shape index (κ3) is 3.82. The zero-order valence-corrected chi connectivity index (χ0v) is 16.5. The maximum absolute atomic E-state index is 12.2. The summed E-state index contributed by atoms with van der Waals surface area (Å²) < 4.78 is 10.6. The zero-order valence-electron chi connectivity index (χ0n) is 16.5. The lowest BCUT2D eigenvalue weighted by molar-refractivity contribution is 0.0966. The Morgan fingerprint density at radius 3 is 2.53 bits per heavy atom. The van der Waals surface area contributed by atoms with Crippen molar-refractivity contribution in [2.45, 2.75) is 6.42 Å². The van der Waals surface area contributed by atoms with Gasteiger partial charge in [-0.1, -0.05) is 30.3 Å². The molecule has 0 amide bonds. The number of rotatable bonds is 5. The molecule has 5 rings (SSSR count). The molecule has 4 aromatic rings. The van der Waals surface area contributed by atoms with Crippen LogP contribution in [0.3, 0.4) is 0 Å². The number of fused-ring (bicyclic) bond motifs is 1. The third-order valence-electron chi connectivity index (χ3n) is 5.31. The van der Waals surface area contributed by atoms with E-state index in [1.165, 1.54) is 6.26 Å². The highest BCUT2D eigenvalue weighted by molar-refractivity contribution is 5.95. The van der Waals surface area contributed by atoms with Gasteiger partial charge in [-0.15, -0.1) is 0 Å². The van der Waals surface area contributed by atoms with Gasteiger partial charge in [0.15, 0.2) is 5.76 Å². The lowest BCUT2D eigenvalue weighted by Crippen LogP contribution is -2.36. The van der Waals surface area contributed by atoms with E-state index in [2.05, 4.69) is 22.0 Å². The quantitative estimate of drug-likeness (QED) is 0.470. The summed E-state index contributed by atoms with van der Waals surface area (Å²) in [6.45, 7) is 3.10. The zero-order chi connectivity index (χ0) is 20.3. The Labute approximate surface area is 174 Å². The van der Waals surface area contributed by atoms with Crippen molar-refractivity contribution in [2.24, 2.45) is 0 Å². The molecule has 0 bridgehead atoms. The summed E-state index contributed by atoms with van der Waals surface area (Å²) in [5.41, 5.74) is 4.84. The number of nitrogens with zero attached hydrogens (tertiary/aromatic N) is 3. The monoisotopic (exact) mass is 399 g/mol. The van der Waals surface area contributed by atoms with Crippen molar-refractivity contribution in [3.8, 4) is 11.1 Å². The number of ether oxygens (including phenoxy) is 1. The number of aromatic nitrogens is 2. The van der Waals surface area contributed by atoms with Gasteiger partial charge in [-0.2, -0.15) is 0 Å². The van der Waals surface area contributed by atoms with E-state index in [1.807, 2.05) is 36.5 Å². The Bertz CT molecular complexity index is 1160. The largest absolute Gasteiger partial charge is 0.461 e. The fourth-order valence-corrected chi connectivity index (χ4v) is 3.65. The molecule has 0 radical (unpaired) electrons. The number of carbonyl (C=O) groups excluding carboxylic acids is 1. The van der Waals surface area contributed by atoms with Crippen LogP contribution in [0.2, 0.25) is 0 Å². The summed E-state index contributed by atoms with van der Waals surface area (Å²) in [5.74, 6) is 1.25. The molecule has 1 saturated heterocycles. The molecule has 2 aromatic heterocycles. The van der Waals surface area contributed by atoms with E-state index in [-0.39, 0.29) is 5.78 Å². The van der Waals surface area contributed by atoms with Crippen LogP contribution >= 0.6 is 0 Å². The molecule has 0 N–H and O–H groups in total. The Morgan fingerprint density at radius 2 is 1.77 bits per heavy atom. The SMILES string of the molecule is O=C(Cc1ccc(-c2ccc3ncc(N4CCOCC4)nc3c2)cc1)c1ccco1. The molecule has 2 aromatic carbocycles. The summed E-state index contributed by atoms with van der Waals surface area (Å²) in [6, 6.07) is 17.6. The van der Waals surface area contributed by atoms with E-state index in [1.54, 1.807) is 12.1 Å². The van der Waals surface area contributed by atoms with Crippen LogP contribution in [0.25, 0.3) is 22.2 Å². The van der Waals surface area contributed by atoms with Crippen LogP contribution in [-0.2, 0) is 11.2 Å². The van der Waals surface area contributed by atoms with Gasteiger partial charge in [0.1, 0.15) is 5.82 Å². The average Bonchev–Trinajstić information content (AvgIpc) is 3.35. The number of benzene rings is 2. The predicted octanol–water partition coefficient (Wildman–Crippen LogP) is 4.15. The van der Waals surface area contributed by atoms with E-state index in [0.29, 0.717) is 25.4 Å². The first-order valence-corrected chi connectivity index (χ1v) is 10.0. The first-order valence-electron chi connectivity index (χ1n) is 10.0. The molecule has 0 atom stereocenters. The van der Waals surface area contributed by atoms with E-state index < -0.39 is 0 Å². The van der Waals surface area contributed by atoms with Gasteiger partial charge in [0, 0.05) is 19.5 Å². The number of Topliss-reactive ketones (excluding diaryl/α,β-unsaturated/α-hetero) is 1. The standard InChI is InChI=1S/C24H21N3O3/c28-22(23-2-1-11-30-23)14-17-3-5-18(6-4-17)19-7-8-20-21(15-19)26-24(16-25-20)27-9-12-29-13-10-27/h1-8,11,15-16H,9-10,12-14H2. The van der Waals surface area contributed by atoms with Crippen LogP contribution in [0.1, 0.15) is 16.1 Å². The molecule has 6 heteroatoms. The molecule has 0 unspecified atom stereocenters. The van der Waals surface area contributed by atoms with E-state index in [0.717, 1.165) is 46.6 Å². The van der Waals surface area contributed by atoms with Crippen molar-refractivity contribution in [1.82, 2.24) is 9.97 Å². The predicted molar refractivity (Wildman–Crippen MR) is 115 cm³/mol. The third-order valence-corrected chi connectivity index (χ3v) is 5.31. The van der Waals surface area contributed by atoms with Crippen LogP contribution in [0.15, 0.2) is 71.5 Å². The van der Waals surface area contributed by atoms with Crippen LogP contribution < -0.4 is 4.90 Å². The number of morpholine rings is 1. The van der Waals surface area contributed by atoms with Crippen LogP contribution in [0.4, 0.5) is 5.82 Å². The summed E-state index contributed by atoms with van der Waals surface area (Å²) in [7, 11) is 0. The number of ketones is 1. The summed E-state index contributed by atoms with van der Waals surface area (Å²) in [6.07, 6.45) is 3.67. The van der Waals surface area contributed by atoms with E-state index >= 15 is 0 Å². The Kier molecular flexibility index (Phi) is 4.99. The summed E-state index contributed by atoms with van der Waals surface area (Å²) >= 11 is 0. The van der Waals surface area contributed by atoms with Crippen LogP contribution in [0, 0.1) is 0 Å². The van der Waals surface area contributed by atoms with Crippen LogP contribution in [0.5, 0.6) is 0 Å². The second kappa shape index (κ2) is 8.08. The van der Waals surface area contributed by atoms with Crippen molar-refractivity contribution < 1.29 is 13.9 Å². The normalized spacial score (nSPS) is 14.2. The lowest BCUT2D eigenvalue weighted by Gasteiger charge is -2.27. The Balaban J connectivity index is 1.37. The first-order chi connectivity index (χ1) is 14.8. The fourth-order valence-electron chi connectivity index (χ4n) is 3.65. The Hall–Kier alpha value is -3.51. The maximum Gasteiger partial charge on any atom is 0.202 e. The number of carbonyl (C=O) groups is 1. The number of anilines is 1. The molecular formula is C24H21N3O3. The molecule has 0 spiro atoms. The minimum absolute atomic E-state index is 0.0237. The summed E-state index contributed by atoms with van der Waals surface area (Å²) in [5, 5.41) is 0. The van der Waals surface area contributed by atoms with Crippen molar-refractivity contribution in [3.05, 3.63) is 78.4 Å². The molecule has 150 valence electrons. The molecule has 3 heterocycles. The molecule has 1 fully saturated rings. The van der Waals surface area contributed by atoms with Gasteiger partial charge in [-0.05, 0) is 41.0 Å². The maximum atomic E-state index is 12.2. The second-order valence-electron chi connectivity index (χ2n) is 7.31. The van der Waals surface area contributed by atoms with E-state index in [9.17, 15) is 4.79 Å². The van der Waals surface area contributed by atoms with Gasteiger partial charge >= 0.3 is 0 Å². The minimum Gasteiger partial charge on any atom is -0.461 e. The van der Waals surface area contributed by atoms with Gasteiger partial charge in [0.05, 0.1) is 36.7 Å². The van der Waals surface area contributed by atoms with Crippen molar-refractivity contribution in [2.75, 3.05) is 31.2 Å². The number of hydrogen-bond acceptors (Lipinski definition) is 6. The van der Waals surface area contributed by atoms with E-state index in [4.69, 9.17) is 14.1 Å². The van der Waals surface area contributed by atoms with Gasteiger partial charge in [0.25, 0.3) is 0 Å². The van der Waals surface area contributed by atoms with Gasteiger partial charge in [-0.25, -0.2) is 4.98 Å². The second-order valence-corrected chi connectivity index (χ2v) is 7.31. The Morgan fingerprint density at radius 1 is 0.967 bits per heavy atom. The van der Waals surface area contributed by atoms with Crippen molar-refractivity contribution >= 4 is 22.6 Å². The lowest BCUT2D eigenvalue weighted by atomic mass is 10.0. The highest BCUT2D eigenvalue weighted by Gasteiger charge is 2.14. The highest BCUT2D eigenvalue weighted by Crippen LogP contribution is 2.25. The van der Waals surface area contributed by atoms with Crippen molar-refractivity contribution in [1.29, 1.82) is 0 Å². The topological polar surface area (TPSA) is 68.5 Å². The fraction of sp³-hybridized carbons (Fsp3) is 0.208. The van der Waals surface area contributed by atoms with Crippen molar-refractivity contribution in [3.63, 3.8) is 0 Å². The smallest absolute Gasteiger partial charge is 0.202 e. The minimum atomic E-state index is -0.0237. The molecule has 0 aliphatic carbocycles. The molecule has 30 heavy (non-hydrogen) atoms. The molecule has 6 nitrogen and oxygen atoms in total. The number of hydrogen-bond donors (Lipinski definition) is 0. The molecule has 0 saturated carbocycles. The average molecular weight is 399 g/mol. The molecule has 1 aliphatic rings.